The summed E-state index contributed by atoms with van der Waals surface area (Å²) in [6, 6.07) is 3.87. The summed E-state index contributed by atoms with van der Waals surface area (Å²) in [5.74, 6) is 0.788. The van der Waals surface area contributed by atoms with Gasteiger partial charge in [-0.15, -0.1) is 0 Å². The molecule has 0 amide bonds. The number of ether oxygens (including phenoxy) is 2. The molecule has 1 heterocycles. The number of hydrogen-bond acceptors (Lipinski definition) is 4. The zero-order valence-electron chi connectivity index (χ0n) is 10.2. The third-order valence-corrected chi connectivity index (χ3v) is 2.12. The Kier molecular flexibility index (Phi) is 5.82. The van der Waals surface area contributed by atoms with E-state index in [1.54, 1.807) is 7.11 Å². The molecule has 1 N–H and O–H groups in total. The molecule has 1 aromatic heterocycles. The lowest BCUT2D eigenvalue weighted by atomic mass is 10.3. The second-order valence-corrected chi connectivity index (χ2v) is 3.63. The summed E-state index contributed by atoms with van der Waals surface area (Å²) in [6.45, 7) is 6.09. The molecular formula is C12H20N2O2. The summed E-state index contributed by atoms with van der Waals surface area (Å²) in [5.41, 5.74) is 1.93. The van der Waals surface area contributed by atoms with Gasteiger partial charge in [0.05, 0.1) is 5.69 Å². The van der Waals surface area contributed by atoms with Crippen LogP contribution in [0.4, 0.5) is 0 Å². The Labute approximate surface area is 97.0 Å². The van der Waals surface area contributed by atoms with Crippen molar-refractivity contribution in [2.75, 3.05) is 20.4 Å². The third-order valence-electron chi connectivity index (χ3n) is 2.12. The molecule has 16 heavy (non-hydrogen) atoms. The minimum Gasteiger partial charge on any atom is -0.466 e. The van der Waals surface area contributed by atoms with Gasteiger partial charge in [-0.05, 0) is 32.0 Å². The molecule has 0 fully saturated rings. The Morgan fingerprint density at radius 2 is 2.19 bits per heavy atom. The van der Waals surface area contributed by atoms with Gasteiger partial charge in [0.1, 0.15) is 5.75 Å². The first-order valence-corrected chi connectivity index (χ1v) is 5.57. The topological polar surface area (TPSA) is 43.4 Å². The zero-order chi connectivity index (χ0) is 11.8. The molecule has 0 saturated carbocycles. The Morgan fingerprint density at radius 1 is 1.38 bits per heavy atom. The van der Waals surface area contributed by atoms with E-state index in [1.165, 1.54) is 0 Å². The maximum atomic E-state index is 5.45. The lowest BCUT2D eigenvalue weighted by Gasteiger charge is -2.11. The molecule has 4 nitrogen and oxygen atoms in total. The molecule has 0 bridgehead atoms. The summed E-state index contributed by atoms with van der Waals surface area (Å²) in [6.07, 6.45) is 1.11. The maximum absolute atomic E-state index is 5.45. The highest BCUT2D eigenvalue weighted by Crippen LogP contribution is 2.16. The number of aryl methyl sites for hydroxylation is 1. The zero-order valence-corrected chi connectivity index (χ0v) is 10.2. The number of nitrogens with zero attached hydrogens (tertiary/aromatic N) is 1. The van der Waals surface area contributed by atoms with Gasteiger partial charge in [-0.1, -0.05) is 6.92 Å². The van der Waals surface area contributed by atoms with Gasteiger partial charge < -0.3 is 14.8 Å². The van der Waals surface area contributed by atoms with Crippen LogP contribution in [0.15, 0.2) is 12.1 Å². The first kappa shape index (κ1) is 12.9. The van der Waals surface area contributed by atoms with E-state index in [0.29, 0.717) is 0 Å². The van der Waals surface area contributed by atoms with Crippen LogP contribution < -0.4 is 10.1 Å². The summed E-state index contributed by atoms with van der Waals surface area (Å²) in [5, 5.41) is 3.31. The Bertz CT molecular complexity index is 316. The molecule has 1 aromatic rings. The van der Waals surface area contributed by atoms with E-state index in [9.17, 15) is 0 Å². The molecule has 0 aliphatic carbocycles. The van der Waals surface area contributed by atoms with E-state index < -0.39 is 0 Å². The van der Waals surface area contributed by atoms with E-state index in [0.717, 1.165) is 36.6 Å². The SMILES string of the molecule is CCCNCc1nc(C)ccc1OCOC. The quantitative estimate of drug-likeness (QED) is 0.567. The van der Waals surface area contributed by atoms with E-state index >= 15 is 0 Å². The minimum atomic E-state index is 0.255. The molecule has 0 unspecified atom stereocenters. The standard InChI is InChI=1S/C12H20N2O2/c1-4-7-13-8-11-12(16-9-15-3)6-5-10(2)14-11/h5-6,13H,4,7-9H2,1-3H3. The lowest BCUT2D eigenvalue weighted by Crippen LogP contribution is -2.16. The molecule has 4 heteroatoms. The molecule has 0 aliphatic rings. The van der Waals surface area contributed by atoms with Crippen molar-refractivity contribution in [2.45, 2.75) is 26.8 Å². The smallest absolute Gasteiger partial charge is 0.188 e. The van der Waals surface area contributed by atoms with Gasteiger partial charge in [0.2, 0.25) is 0 Å². The predicted octanol–water partition coefficient (Wildman–Crippen LogP) is 1.87. The largest absolute Gasteiger partial charge is 0.466 e. The Balaban J connectivity index is 2.65. The average Bonchev–Trinajstić information content (AvgIpc) is 2.28. The second kappa shape index (κ2) is 7.19. The second-order valence-electron chi connectivity index (χ2n) is 3.63. The van der Waals surface area contributed by atoms with Gasteiger partial charge in [-0.2, -0.15) is 0 Å². The summed E-state index contributed by atoms with van der Waals surface area (Å²) in [4.78, 5) is 4.45. The summed E-state index contributed by atoms with van der Waals surface area (Å²) < 4.78 is 10.3. The van der Waals surface area contributed by atoms with Crippen LogP contribution in [-0.2, 0) is 11.3 Å². The lowest BCUT2D eigenvalue weighted by molar-refractivity contribution is 0.0500. The highest BCUT2D eigenvalue weighted by atomic mass is 16.7. The van der Waals surface area contributed by atoms with Crippen LogP contribution in [-0.4, -0.2) is 25.4 Å². The third kappa shape index (κ3) is 4.16. The van der Waals surface area contributed by atoms with Crippen LogP contribution in [0.1, 0.15) is 24.7 Å². The number of aromatic nitrogens is 1. The molecule has 0 aliphatic heterocycles. The normalized spacial score (nSPS) is 10.4. The molecule has 1 rings (SSSR count). The van der Waals surface area contributed by atoms with E-state index in [2.05, 4.69) is 17.2 Å². The molecule has 0 saturated heterocycles. The number of pyridine rings is 1. The van der Waals surface area contributed by atoms with Gasteiger partial charge in [0.15, 0.2) is 6.79 Å². The van der Waals surface area contributed by atoms with Crippen molar-refractivity contribution in [3.8, 4) is 5.75 Å². The predicted molar refractivity (Wildman–Crippen MR) is 63.5 cm³/mol. The van der Waals surface area contributed by atoms with Crippen LogP contribution >= 0.6 is 0 Å². The van der Waals surface area contributed by atoms with Crippen molar-refractivity contribution < 1.29 is 9.47 Å². The number of rotatable bonds is 7. The van der Waals surface area contributed by atoms with Crippen LogP contribution in [0.2, 0.25) is 0 Å². The Hall–Kier alpha value is -1.13. The van der Waals surface area contributed by atoms with Gasteiger partial charge in [0.25, 0.3) is 0 Å². The monoisotopic (exact) mass is 224 g/mol. The fraction of sp³-hybridized carbons (Fsp3) is 0.583. The average molecular weight is 224 g/mol. The fourth-order valence-corrected chi connectivity index (χ4v) is 1.36. The van der Waals surface area contributed by atoms with Crippen LogP contribution in [0.25, 0.3) is 0 Å². The summed E-state index contributed by atoms with van der Waals surface area (Å²) in [7, 11) is 1.61. The Morgan fingerprint density at radius 3 is 2.88 bits per heavy atom. The molecule has 0 aromatic carbocycles. The van der Waals surface area contributed by atoms with Gasteiger partial charge in [0, 0.05) is 19.3 Å². The fourth-order valence-electron chi connectivity index (χ4n) is 1.36. The van der Waals surface area contributed by atoms with Crippen molar-refractivity contribution in [2.24, 2.45) is 0 Å². The first-order chi connectivity index (χ1) is 7.77. The van der Waals surface area contributed by atoms with Crippen molar-refractivity contribution in [1.29, 1.82) is 0 Å². The van der Waals surface area contributed by atoms with Crippen LogP contribution in [0.3, 0.4) is 0 Å². The first-order valence-electron chi connectivity index (χ1n) is 5.57. The number of hydrogen-bond donors (Lipinski definition) is 1. The van der Waals surface area contributed by atoms with Crippen molar-refractivity contribution in [1.82, 2.24) is 10.3 Å². The molecule has 0 atom stereocenters. The van der Waals surface area contributed by atoms with Gasteiger partial charge in [-0.25, -0.2) is 0 Å². The highest BCUT2D eigenvalue weighted by molar-refractivity contribution is 5.29. The highest BCUT2D eigenvalue weighted by Gasteiger charge is 2.05. The van der Waals surface area contributed by atoms with Crippen molar-refractivity contribution in [3.63, 3.8) is 0 Å². The van der Waals surface area contributed by atoms with Crippen LogP contribution in [0.5, 0.6) is 5.75 Å². The molecule has 0 radical (unpaired) electrons. The van der Waals surface area contributed by atoms with E-state index in [1.807, 2.05) is 19.1 Å². The summed E-state index contributed by atoms with van der Waals surface area (Å²) >= 11 is 0. The number of nitrogens with one attached hydrogen (secondary N) is 1. The van der Waals surface area contributed by atoms with Crippen LogP contribution in [0, 0.1) is 6.92 Å². The van der Waals surface area contributed by atoms with E-state index in [4.69, 9.17) is 9.47 Å². The van der Waals surface area contributed by atoms with E-state index in [-0.39, 0.29) is 6.79 Å². The molecular weight excluding hydrogens is 204 g/mol. The number of methoxy groups -OCH3 is 1. The van der Waals surface area contributed by atoms with Gasteiger partial charge in [-0.3, -0.25) is 4.98 Å². The molecule has 90 valence electrons. The molecule has 0 spiro atoms. The van der Waals surface area contributed by atoms with Crippen molar-refractivity contribution >= 4 is 0 Å². The minimum absolute atomic E-state index is 0.255. The van der Waals surface area contributed by atoms with Crippen molar-refractivity contribution in [3.05, 3.63) is 23.5 Å². The maximum Gasteiger partial charge on any atom is 0.188 e. The van der Waals surface area contributed by atoms with Gasteiger partial charge >= 0.3 is 0 Å².